The van der Waals surface area contributed by atoms with Crippen LogP contribution >= 0.6 is 27.3 Å². The zero-order valence-corrected chi connectivity index (χ0v) is 12.6. The van der Waals surface area contributed by atoms with Gasteiger partial charge in [0.05, 0.1) is 16.8 Å². The lowest BCUT2D eigenvalue weighted by molar-refractivity contribution is 0.189. The number of aliphatic hydroxyl groups is 1. The number of aromatic nitrogens is 1. The molecule has 0 aliphatic heterocycles. The van der Waals surface area contributed by atoms with Gasteiger partial charge in [-0.2, -0.15) is 0 Å². The number of aliphatic hydroxyl groups excluding tert-OH is 1. The van der Waals surface area contributed by atoms with Crippen LogP contribution in [0.15, 0.2) is 28.1 Å². The summed E-state index contributed by atoms with van der Waals surface area (Å²) in [5, 5.41) is 12.7. The van der Waals surface area contributed by atoms with Gasteiger partial charge in [-0.3, -0.25) is 0 Å². The third-order valence-electron chi connectivity index (χ3n) is 2.46. The fourth-order valence-corrected chi connectivity index (χ4v) is 2.58. The van der Waals surface area contributed by atoms with Gasteiger partial charge >= 0.3 is 0 Å². The van der Waals surface area contributed by atoms with E-state index in [0.29, 0.717) is 12.4 Å². The molecular formula is C13H14BrNO2S. The Bertz CT molecular complexity index is 540. The maximum atomic E-state index is 9.72. The minimum atomic E-state index is -0.560. The van der Waals surface area contributed by atoms with Crippen LogP contribution in [0.3, 0.4) is 0 Å². The quantitative estimate of drug-likeness (QED) is 0.927. The van der Waals surface area contributed by atoms with Crippen LogP contribution in [0.4, 0.5) is 0 Å². The lowest BCUT2D eigenvalue weighted by Gasteiger charge is -2.13. The lowest BCUT2D eigenvalue weighted by Crippen LogP contribution is -2.01. The molecule has 3 nitrogen and oxygen atoms in total. The normalized spacial score (nSPS) is 12.4. The molecule has 1 aromatic carbocycles. The van der Waals surface area contributed by atoms with Gasteiger partial charge in [-0.1, -0.05) is 15.9 Å². The Morgan fingerprint density at radius 2 is 2.28 bits per heavy atom. The average Bonchev–Trinajstić information content (AvgIpc) is 2.73. The molecule has 0 aliphatic rings. The third kappa shape index (κ3) is 3.31. The molecule has 0 spiro atoms. The van der Waals surface area contributed by atoms with Crippen molar-refractivity contribution in [1.82, 2.24) is 4.98 Å². The number of rotatable bonds is 4. The van der Waals surface area contributed by atoms with Crippen LogP contribution in [0.5, 0.6) is 5.75 Å². The van der Waals surface area contributed by atoms with Crippen LogP contribution in [0.1, 0.15) is 29.3 Å². The Hall–Kier alpha value is -0.910. The number of ether oxygens (including phenoxy) is 1. The van der Waals surface area contributed by atoms with Gasteiger partial charge < -0.3 is 9.84 Å². The summed E-state index contributed by atoms with van der Waals surface area (Å²) >= 11 is 4.99. The van der Waals surface area contributed by atoms with Gasteiger partial charge in [0.25, 0.3) is 0 Å². The van der Waals surface area contributed by atoms with E-state index in [9.17, 15) is 5.11 Å². The van der Waals surface area contributed by atoms with Crippen LogP contribution < -0.4 is 4.74 Å². The van der Waals surface area contributed by atoms with Crippen molar-refractivity contribution in [1.29, 1.82) is 0 Å². The van der Waals surface area contributed by atoms with Crippen molar-refractivity contribution >= 4 is 27.3 Å². The van der Waals surface area contributed by atoms with Crippen molar-refractivity contribution in [2.75, 3.05) is 0 Å². The fourth-order valence-electron chi connectivity index (χ4n) is 1.60. The predicted octanol–water partition coefficient (Wildman–Crippen LogP) is 3.85. The molecule has 0 fully saturated rings. The molecule has 0 saturated heterocycles. The molecule has 2 aromatic rings. The molecular weight excluding hydrogens is 314 g/mol. The molecule has 1 atom stereocenters. The van der Waals surface area contributed by atoms with Crippen LogP contribution in [0, 0.1) is 6.92 Å². The molecule has 2 rings (SSSR count). The van der Waals surface area contributed by atoms with E-state index in [4.69, 9.17) is 4.74 Å². The standard InChI is InChI=1S/C13H14BrNO2S/c1-8(16)12-5-10(14)3-4-13(12)17-6-11-7-18-9(2)15-11/h3-5,7-8,16H,6H2,1-2H3/t8-/m1/s1. The second kappa shape index (κ2) is 5.82. The minimum absolute atomic E-state index is 0.422. The summed E-state index contributed by atoms with van der Waals surface area (Å²) in [6, 6.07) is 5.62. The van der Waals surface area contributed by atoms with Crippen LogP contribution in [-0.2, 0) is 6.61 Å². The highest BCUT2D eigenvalue weighted by Gasteiger charge is 2.10. The molecule has 0 saturated carbocycles. The van der Waals surface area contributed by atoms with E-state index >= 15 is 0 Å². The van der Waals surface area contributed by atoms with E-state index in [1.165, 1.54) is 0 Å². The molecule has 18 heavy (non-hydrogen) atoms. The molecule has 5 heteroatoms. The monoisotopic (exact) mass is 327 g/mol. The van der Waals surface area contributed by atoms with Crippen molar-refractivity contribution in [3.05, 3.63) is 44.3 Å². The summed E-state index contributed by atoms with van der Waals surface area (Å²) in [5.41, 5.74) is 1.69. The molecule has 1 N–H and O–H groups in total. The number of aryl methyl sites for hydroxylation is 1. The van der Waals surface area contributed by atoms with Gasteiger partial charge in [0, 0.05) is 15.4 Å². The molecule has 1 heterocycles. The Balaban J connectivity index is 2.13. The number of halogens is 1. The first-order valence-corrected chi connectivity index (χ1v) is 7.25. The smallest absolute Gasteiger partial charge is 0.131 e. The predicted molar refractivity (Wildman–Crippen MR) is 76.0 cm³/mol. The summed E-state index contributed by atoms with van der Waals surface area (Å²) in [7, 11) is 0. The number of nitrogens with zero attached hydrogens (tertiary/aromatic N) is 1. The summed E-state index contributed by atoms with van der Waals surface area (Å²) in [4.78, 5) is 4.34. The molecule has 0 unspecified atom stereocenters. The van der Waals surface area contributed by atoms with E-state index in [1.54, 1.807) is 18.3 Å². The fraction of sp³-hybridized carbons (Fsp3) is 0.308. The van der Waals surface area contributed by atoms with Gasteiger partial charge in [-0.25, -0.2) is 4.98 Å². The second-order valence-electron chi connectivity index (χ2n) is 4.00. The number of benzene rings is 1. The zero-order chi connectivity index (χ0) is 13.1. The van der Waals surface area contributed by atoms with Crippen molar-refractivity contribution in [2.24, 2.45) is 0 Å². The maximum absolute atomic E-state index is 9.72. The van der Waals surface area contributed by atoms with Crippen molar-refractivity contribution in [3.63, 3.8) is 0 Å². The summed E-state index contributed by atoms with van der Waals surface area (Å²) in [6.07, 6.45) is -0.560. The highest BCUT2D eigenvalue weighted by molar-refractivity contribution is 9.10. The number of thiazole rings is 1. The van der Waals surface area contributed by atoms with Gasteiger partial charge in [-0.15, -0.1) is 11.3 Å². The first kappa shape index (κ1) is 13.5. The zero-order valence-electron chi connectivity index (χ0n) is 10.2. The van der Waals surface area contributed by atoms with Gasteiger partial charge in [-0.05, 0) is 32.0 Å². The minimum Gasteiger partial charge on any atom is -0.487 e. The summed E-state index contributed by atoms with van der Waals surface area (Å²) in [5.74, 6) is 0.693. The highest BCUT2D eigenvalue weighted by Crippen LogP contribution is 2.29. The van der Waals surface area contributed by atoms with Crippen molar-refractivity contribution in [3.8, 4) is 5.75 Å². The average molecular weight is 328 g/mol. The third-order valence-corrected chi connectivity index (χ3v) is 3.78. The van der Waals surface area contributed by atoms with E-state index in [2.05, 4.69) is 20.9 Å². The van der Waals surface area contributed by atoms with Gasteiger partial charge in [0.1, 0.15) is 12.4 Å². The van der Waals surface area contributed by atoms with E-state index in [-0.39, 0.29) is 0 Å². The van der Waals surface area contributed by atoms with E-state index < -0.39 is 6.10 Å². The largest absolute Gasteiger partial charge is 0.487 e. The van der Waals surface area contributed by atoms with Gasteiger partial charge in [0.15, 0.2) is 0 Å². The van der Waals surface area contributed by atoms with Crippen LogP contribution in [0.2, 0.25) is 0 Å². The Morgan fingerprint density at radius 3 is 2.89 bits per heavy atom. The Morgan fingerprint density at radius 1 is 1.50 bits per heavy atom. The van der Waals surface area contributed by atoms with E-state index in [0.717, 1.165) is 20.7 Å². The number of hydrogen-bond donors (Lipinski definition) is 1. The summed E-state index contributed by atoms with van der Waals surface area (Å²) < 4.78 is 6.64. The SMILES string of the molecule is Cc1nc(COc2ccc(Br)cc2[C@@H](C)O)cs1. The number of hydrogen-bond acceptors (Lipinski definition) is 4. The first-order valence-electron chi connectivity index (χ1n) is 5.57. The van der Waals surface area contributed by atoms with Crippen molar-refractivity contribution in [2.45, 2.75) is 26.6 Å². The molecule has 0 amide bonds. The molecule has 96 valence electrons. The van der Waals surface area contributed by atoms with Gasteiger partial charge in [0.2, 0.25) is 0 Å². The Labute approximate surface area is 119 Å². The van der Waals surface area contributed by atoms with Crippen LogP contribution in [-0.4, -0.2) is 10.1 Å². The highest BCUT2D eigenvalue weighted by atomic mass is 79.9. The molecule has 0 aliphatic carbocycles. The van der Waals surface area contributed by atoms with Crippen LogP contribution in [0.25, 0.3) is 0 Å². The lowest BCUT2D eigenvalue weighted by atomic mass is 10.1. The molecule has 0 radical (unpaired) electrons. The second-order valence-corrected chi connectivity index (χ2v) is 5.98. The first-order chi connectivity index (χ1) is 8.56. The van der Waals surface area contributed by atoms with E-state index in [1.807, 2.05) is 30.5 Å². The van der Waals surface area contributed by atoms with Crippen molar-refractivity contribution < 1.29 is 9.84 Å². The molecule has 1 aromatic heterocycles. The summed E-state index contributed by atoms with van der Waals surface area (Å²) in [6.45, 7) is 4.11. The Kier molecular flexibility index (Phi) is 4.37. The maximum Gasteiger partial charge on any atom is 0.131 e. The molecule has 0 bridgehead atoms. The topological polar surface area (TPSA) is 42.4 Å².